The van der Waals surface area contributed by atoms with Crippen LogP contribution in [0.3, 0.4) is 0 Å². The van der Waals surface area contributed by atoms with Crippen LogP contribution in [0.1, 0.15) is 45.3 Å². The lowest BCUT2D eigenvalue weighted by molar-refractivity contribution is 0.567. The van der Waals surface area contributed by atoms with Gasteiger partial charge in [0.25, 0.3) is 0 Å². The number of rotatable bonds is 2. The van der Waals surface area contributed by atoms with Crippen molar-refractivity contribution in [1.82, 2.24) is 19.5 Å². The Morgan fingerprint density at radius 3 is 2.63 bits per heavy atom. The van der Waals surface area contributed by atoms with Crippen molar-refractivity contribution < 1.29 is 0 Å². The fraction of sp³-hybridized carbons (Fsp3) is 0.500. The number of hydrogen-bond acceptors (Lipinski definition) is 3. The molecule has 19 heavy (non-hydrogen) atoms. The van der Waals surface area contributed by atoms with Crippen LogP contribution in [0.4, 0.5) is 0 Å². The molecule has 0 bridgehead atoms. The van der Waals surface area contributed by atoms with Crippen molar-refractivity contribution in [2.24, 2.45) is 0 Å². The van der Waals surface area contributed by atoms with Crippen LogP contribution in [-0.4, -0.2) is 19.5 Å². The molecule has 2 aromatic rings. The van der Waals surface area contributed by atoms with Gasteiger partial charge in [0.1, 0.15) is 10.8 Å². The van der Waals surface area contributed by atoms with Crippen LogP contribution in [-0.2, 0) is 5.41 Å². The van der Waals surface area contributed by atoms with Gasteiger partial charge in [0.05, 0.1) is 18.2 Å². The maximum atomic E-state index is 6.14. The second-order valence-electron chi connectivity index (χ2n) is 6.07. The fourth-order valence-corrected chi connectivity index (χ4v) is 2.22. The van der Waals surface area contributed by atoms with E-state index in [1.165, 1.54) is 12.8 Å². The first-order valence-corrected chi connectivity index (χ1v) is 6.90. The summed E-state index contributed by atoms with van der Waals surface area (Å²) in [6, 6.07) is 2.39. The molecule has 1 fully saturated rings. The average molecular weight is 277 g/mol. The van der Waals surface area contributed by atoms with Gasteiger partial charge in [-0.1, -0.05) is 32.4 Å². The molecule has 0 amide bonds. The number of nitrogens with zero attached hydrogens (tertiary/aromatic N) is 4. The van der Waals surface area contributed by atoms with Crippen molar-refractivity contribution in [3.63, 3.8) is 0 Å². The zero-order valence-corrected chi connectivity index (χ0v) is 12.1. The molecule has 3 rings (SSSR count). The molecule has 5 heteroatoms. The lowest BCUT2D eigenvalue weighted by Crippen LogP contribution is -2.15. The highest BCUT2D eigenvalue weighted by Crippen LogP contribution is 2.38. The smallest absolute Gasteiger partial charge is 0.179 e. The van der Waals surface area contributed by atoms with E-state index in [1.807, 2.05) is 18.6 Å². The van der Waals surface area contributed by atoms with E-state index in [4.69, 9.17) is 11.6 Å². The number of halogens is 1. The number of hydrogen-bond donors (Lipinski definition) is 0. The molecule has 1 aliphatic carbocycles. The first-order valence-electron chi connectivity index (χ1n) is 6.52. The van der Waals surface area contributed by atoms with Crippen LogP contribution in [0.15, 0.2) is 18.6 Å². The quantitative estimate of drug-likeness (QED) is 0.787. The van der Waals surface area contributed by atoms with E-state index >= 15 is 0 Å². The molecule has 0 spiro atoms. The summed E-state index contributed by atoms with van der Waals surface area (Å²) >= 11 is 6.14. The molecule has 100 valence electrons. The van der Waals surface area contributed by atoms with Gasteiger partial charge in [0.15, 0.2) is 5.82 Å². The Morgan fingerprint density at radius 1 is 1.26 bits per heavy atom. The molecule has 0 atom stereocenters. The summed E-state index contributed by atoms with van der Waals surface area (Å²) in [5, 5.41) is 0.485. The van der Waals surface area contributed by atoms with Gasteiger partial charge < -0.3 is 4.57 Å². The molecule has 2 heterocycles. The van der Waals surface area contributed by atoms with Gasteiger partial charge in [-0.3, -0.25) is 0 Å². The van der Waals surface area contributed by atoms with Crippen LogP contribution in [0, 0.1) is 0 Å². The van der Waals surface area contributed by atoms with Crippen molar-refractivity contribution >= 4 is 11.6 Å². The fourth-order valence-electron chi connectivity index (χ4n) is 2.04. The van der Waals surface area contributed by atoms with Crippen LogP contribution >= 0.6 is 11.6 Å². The standard InChI is InChI=1S/C14H17ClN4/c1-14(2,3)11-6-12(15)18-13(17-11)10-7-16-8-19(10)9-4-5-9/h6-9H,4-5H2,1-3H3. The Morgan fingerprint density at radius 2 is 2.00 bits per heavy atom. The van der Waals surface area contributed by atoms with Crippen molar-refractivity contribution in [3.8, 4) is 11.5 Å². The topological polar surface area (TPSA) is 43.6 Å². The highest BCUT2D eigenvalue weighted by Gasteiger charge is 2.27. The van der Waals surface area contributed by atoms with E-state index in [9.17, 15) is 0 Å². The average Bonchev–Trinajstić information content (AvgIpc) is 3.05. The predicted molar refractivity (Wildman–Crippen MR) is 75.2 cm³/mol. The van der Waals surface area contributed by atoms with Crippen molar-refractivity contribution in [2.75, 3.05) is 0 Å². The maximum absolute atomic E-state index is 6.14. The molecule has 0 aliphatic heterocycles. The van der Waals surface area contributed by atoms with E-state index < -0.39 is 0 Å². The maximum Gasteiger partial charge on any atom is 0.179 e. The van der Waals surface area contributed by atoms with E-state index in [-0.39, 0.29) is 5.41 Å². The molecule has 0 aromatic carbocycles. The summed E-state index contributed by atoms with van der Waals surface area (Å²) in [5.74, 6) is 0.668. The SMILES string of the molecule is CC(C)(C)c1cc(Cl)nc(-c2cncn2C2CC2)n1. The Hall–Kier alpha value is -1.42. The summed E-state index contributed by atoms with van der Waals surface area (Å²) in [4.78, 5) is 13.2. The third-order valence-corrected chi connectivity index (χ3v) is 3.49. The second kappa shape index (κ2) is 4.30. The van der Waals surface area contributed by atoms with E-state index in [1.54, 1.807) is 0 Å². The summed E-state index contributed by atoms with van der Waals surface area (Å²) in [6.45, 7) is 6.36. The van der Waals surface area contributed by atoms with E-state index in [0.717, 1.165) is 11.4 Å². The highest BCUT2D eigenvalue weighted by molar-refractivity contribution is 6.29. The van der Waals surface area contributed by atoms with Crippen LogP contribution < -0.4 is 0 Å². The summed E-state index contributed by atoms with van der Waals surface area (Å²) in [5.41, 5.74) is 1.85. The van der Waals surface area contributed by atoms with Crippen LogP contribution in [0.5, 0.6) is 0 Å². The monoisotopic (exact) mass is 276 g/mol. The minimum Gasteiger partial charge on any atom is -0.325 e. The summed E-state index contributed by atoms with van der Waals surface area (Å²) < 4.78 is 2.15. The van der Waals surface area contributed by atoms with Gasteiger partial charge in [-0.15, -0.1) is 0 Å². The van der Waals surface area contributed by atoms with Crippen molar-refractivity contribution in [3.05, 3.63) is 29.4 Å². The zero-order valence-electron chi connectivity index (χ0n) is 11.4. The third kappa shape index (κ3) is 2.50. The molecule has 4 nitrogen and oxygen atoms in total. The van der Waals surface area contributed by atoms with Gasteiger partial charge in [-0.25, -0.2) is 15.0 Å². The number of aromatic nitrogens is 4. The Labute approximate surface area is 117 Å². The molecule has 1 saturated carbocycles. The lowest BCUT2D eigenvalue weighted by atomic mass is 9.92. The lowest BCUT2D eigenvalue weighted by Gasteiger charge is -2.18. The molecule has 0 radical (unpaired) electrons. The molecular weight excluding hydrogens is 260 g/mol. The normalized spacial score (nSPS) is 15.8. The van der Waals surface area contributed by atoms with Gasteiger partial charge in [-0.2, -0.15) is 0 Å². The van der Waals surface area contributed by atoms with E-state index in [0.29, 0.717) is 17.0 Å². The summed E-state index contributed by atoms with van der Waals surface area (Å²) in [7, 11) is 0. The minimum absolute atomic E-state index is 0.0498. The van der Waals surface area contributed by atoms with Crippen molar-refractivity contribution in [1.29, 1.82) is 0 Å². The third-order valence-electron chi connectivity index (χ3n) is 3.30. The Kier molecular flexibility index (Phi) is 2.86. The largest absolute Gasteiger partial charge is 0.325 e. The van der Waals surface area contributed by atoms with Crippen molar-refractivity contribution in [2.45, 2.75) is 45.1 Å². The van der Waals surface area contributed by atoms with Gasteiger partial charge >= 0.3 is 0 Å². The highest BCUT2D eigenvalue weighted by atomic mass is 35.5. The van der Waals surface area contributed by atoms with Crippen LogP contribution in [0.2, 0.25) is 5.15 Å². The molecule has 1 aliphatic rings. The van der Waals surface area contributed by atoms with Gasteiger partial charge in [0.2, 0.25) is 0 Å². The van der Waals surface area contributed by atoms with Gasteiger partial charge in [-0.05, 0) is 18.9 Å². The van der Waals surface area contributed by atoms with Crippen LogP contribution in [0.25, 0.3) is 11.5 Å². The second-order valence-corrected chi connectivity index (χ2v) is 6.45. The first-order chi connectivity index (χ1) is 8.95. The Balaban J connectivity index is 2.09. The molecular formula is C14H17ClN4. The first kappa shape index (κ1) is 12.6. The zero-order chi connectivity index (χ0) is 13.6. The molecule has 2 aromatic heterocycles. The summed E-state index contributed by atoms with van der Waals surface area (Å²) in [6.07, 6.45) is 6.08. The molecule has 0 N–H and O–H groups in total. The predicted octanol–water partition coefficient (Wildman–Crippen LogP) is 3.63. The number of imidazole rings is 1. The van der Waals surface area contributed by atoms with Gasteiger partial charge in [0, 0.05) is 11.5 Å². The Bertz CT molecular complexity index is 608. The van der Waals surface area contributed by atoms with E-state index in [2.05, 4.69) is 40.3 Å². The molecule has 0 saturated heterocycles. The molecule has 0 unspecified atom stereocenters. The minimum atomic E-state index is -0.0498.